The molecule has 25 heavy (non-hydrogen) atoms. The molecule has 0 saturated heterocycles. The maximum absolute atomic E-state index is 13.1. The minimum atomic E-state index is -0.263. The Morgan fingerprint density at radius 2 is 1.64 bits per heavy atom. The second-order valence-corrected chi connectivity index (χ2v) is 5.93. The Bertz CT molecular complexity index is 1040. The Balaban J connectivity index is 1.89. The number of anilines is 2. The smallest absolute Gasteiger partial charge is 0.150 e. The summed E-state index contributed by atoms with van der Waals surface area (Å²) in [5.74, 6) is 0.451. The number of nitrogens with zero attached hydrogens (tertiary/aromatic N) is 3. The number of hydrogen-bond donors (Lipinski definition) is 1. The van der Waals surface area contributed by atoms with Crippen molar-refractivity contribution in [2.45, 2.75) is 13.8 Å². The predicted molar refractivity (Wildman–Crippen MR) is 98.0 cm³/mol. The van der Waals surface area contributed by atoms with Crippen LogP contribution in [0.4, 0.5) is 15.9 Å². The summed E-state index contributed by atoms with van der Waals surface area (Å²) in [7, 11) is 0. The molecule has 4 nitrogen and oxygen atoms in total. The van der Waals surface area contributed by atoms with Gasteiger partial charge in [0.2, 0.25) is 0 Å². The highest BCUT2D eigenvalue weighted by Crippen LogP contribution is 2.32. The topological polar surface area (TPSA) is 42.7 Å². The van der Waals surface area contributed by atoms with E-state index in [0.29, 0.717) is 5.82 Å². The zero-order valence-electron chi connectivity index (χ0n) is 14.0. The molecule has 124 valence electrons. The number of aromatic nitrogens is 3. The Hall–Kier alpha value is -3.21. The number of nitrogens with one attached hydrogen (secondary N) is 1. The number of para-hydroxylation sites is 1. The van der Waals surface area contributed by atoms with Crippen LogP contribution in [0, 0.1) is 19.7 Å². The molecule has 0 aliphatic carbocycles. The first-order chi connectivity index (χ1) is 12.1. The molecule has 1 N–H and O–H groups in total. The Kier molecular flexibility index (Phi) is 3.69. The molecule has 4 aromatic rings. The molecule has 0 atom stereocenters. The monoisotopic (exact) mass is 332 g/mol. The third-order valence-corrected chi connectivity index (χ3v) is 4.41. The maximum Gasteiger partial charge on any atom is 0.150 e. The first kappa shape index (κ1) is 15.3. The van der Waals surface area contributed by atoms with Crippen LogP contribution in [0.5, 0.6) is 0 Å². The first-order valence-corrected chi connectivity index (χ1v) is 8.06. The Labute approximate surface area is 145 Å². The lowest BCUT2D eigenvalue weighted by Crippen LogP contribution is -1.99. The molecule has 0 bridgehead atoms. The summed E-state index contributed by atoms with van der Waals surface area (Å²) in [5, 5.41) is 4.24. The van der Waals surface area contributed by atoms with Gasteiger partial charge in [0, 0.05) is 17.1 Å². The van der Waals surface area contributed by atoms with Crippen LogP contribution in [0.3, 0.4) is 0 Å². The van der Waals surface area contributed by atoms with Gasteiger partial charge in [0.25, 0.3) is 0 Å². The van der Waals surface area contributed by atoms with Gasteiger partial charge in [0.15, 0.2) is 5.65 Å². The largest absolute Gasteiger partial charge is 0.340 e. The van der Waals surface area contributed by atoms with Gasteiger partial charge in [-0.1, -0.05) is 18.2 Å². The molecule has 2 heterocycles. The van der Waals surface area contributed by atoms with Crippen LogP contribution in [0.2, 0.25) is 0 Å². The van der Waals surface area contributed by atoms with E-state index in [0.717, 1.165) is 33.7 Å². The molecule has 0 radical (unpaired) electrons. The summed E-state index contributed by atoms with van der Waals surface area (Å²) in [4.78, 5) is 8.91. The van der Waals surface area contributed by atoms with E-state index < -0.39 is 0 Å². The van der Waals surface area contributed by atoms with E-state index in [4.69, 9.17) is 0 Å². The molecule has 0 fully saturated rings. The second kappa shape index (κ2) is 6.02. The zero-order valence-corrected chi connectivity index (χ0v) is 14.0. The van der Waals surface area contributed by atoms with Crippen molar-refractivity contribution >= 4 is 22.5 Å². The summed E-state index contributed by atoms with van der Waals surface area (Å²) < 4.78 is 15.3. The standard InChI is InChI=1S/C20H17FN4/c1-13-14(2)25(17-6-4-3-5-7-17)20-18(13)19(22-12-23-20)24-16-10-8-15(21)9-11-16/h3-12H,1-2H3,(H,22,23,24). The molecule has 0 saturated carbocycles. The second-order valence-electron chi connectivity index (χ2n) is 5.93. The summed E-state index contributed by atoms with van der Waals surface area (Å²) in [6.45, 7) is 4.14. The van der Waals surface area contributed by atoms with Crippen molar-refractivity contribution in [1.82, 2.24) is 14.5 Å². The van der Waals surface area contributed by atoms with E-state index in [1.54, 1.807) is 18.5 Å². The van der Waals surface area contributed by atoms with E-state index in [1.807, 2.05) is 18.2 Å². The molecule has 2 aromatic carbocycles. The molecule has 2 aromatic heterocycles. The number of rotatable bonds is 3. The van der Waals surface area contributed by atoms with Crippen LogP contribution in [0.1, 0.15) is 11.3 Å². The molecular weight excluding hydrogens is 315 g/mol. The summed E-state index contributed by atoms with van der Waals surface area (Å²) in [6.07, 6.45) is 1.55. The first-order valence-electron chi connectivity index (χ1n) is 8.06. The summed E-state index contributed by atoms with van der Waals surface area (Å²) >= 11 is 0. The van der Waals surface area contributed by atoms with E-state index >= 15 is 0 Å². The van der Waals surface area contributed by atoms with Crippen molar-refractivity contribution in [1.29, 1.82) is 0 Å². The minimum absolute atomic E-state index is 0.263. The van der Waals surface area contributed by atoms with Crippen molar-refractivity contribution in [3.05, 3.63) is 78.0 Å². The van der Waals surface area contributed by atoms with Crippen LogP contribution >= 0.6 is 0 Å². The molecule has 4 rings (SSSR count). The van der Waals surface area contributed by atoms with Crippen LogP contribution in [-0.4, -0.2) is 14.5 Å². The van der Waals surface area contributed by atoms with Gasteiger partial charge >= 0.3 is 0 Å². The maximum atomic E-state index is 13.1. The van der Waals surface area contributed by atoms with Crippen LogP contribution in [0.25, 0.3) is 16.7 Å². The van der Waals surface area contributed by atoms with Gasteiger partial charge in [0.05, 0.1) is 5.39 Å². The summed E-state index contributed by atoms with van der Waals surface area (Å²) in [5.41, 5.74) is 4.92. The van der Waals surface area contributed by atoms with Gasteiger partial charge in [-0.15, -0.1) is 0 Å². The van der Waals surface area contributed by atoms with Gasteiger partial charge in [-0.25, -0.2) is 14.4 Å². The van der Waals surface area contributed by atoms with Crippen LogP contribution in [0.15, 0.2) is 60.9 Å². The molecule has 0 aliphatic rings. The molecule has 5 heteroatoms. The van der Waals surface area contributed by atoms with E-state index in [9.17, 15) is 4.39 Å². The van der Waals surface area contributed by atoms with Crippen LogP contribution < -0.4 is 5.32 Å². The lowest BCUT2D eigenvalue weighted by atomic mass is 10.2. The van der Waals surface area contributed by atoms with Gasteiger partial charge < -0.3 is 5.32 Å². The van der Waals surface area contributed by atoms with Crippen LogP contribution in [-0.2, 0) is 0 Å². The Morgan fingerprint density at radius 3 is 2.36 bits per heavy atom. The average molecular weight is 332 g/mol. The third kappa shape index (κ3) is 2.63. The number of halogens is 1. The molecule has 0 unspecified atom stereocenters. The predicted octanol–water partition coefficient (Wildman–Crippen LogP) is 4.92. The highest BCUT2D eigenvalue weighted by atomic mass is 19.1. The van der Waals surface area contributed by atoms with Gasteiger partial charge in [-0.05, 0) is 55.8 Å². The fourth-order valence-electron chi connectivity index (χ4n) is 3.06. The number of hydrogen-bond acceptors (Lipinski definition) is 3. The van der Waals surface area contributed by atoms with Crippen molar-refractivity contribution in [2.24, 2.45) is 0 Å². The lowest BCUT2D eigenvalue weighted by molar-refractivity contribution is 0.628. The molecular formula is C20H17FN4. The zero-order chi connectivity index (χ0) is 17.4. The molecule has 0 amide bonds. The van der Waals surface area contributed by atoms with Gasteiger partial charge in [0.1, 0.15) is 18.0 Å². The van der Waals surface area contributed by atoms with E-state index in [-0.39, 0.29) is 5.82 Å². The van der Waals surface area contributed by atoms with Crippen molar-refractivity contribution in [2.75, 3.05) is 5.32 Å². The normalized spacial score (nSPS) is 11.0. The van der Waals surface area contributed by atoms with E-state index in [1.165, 1.54) is 12.1 Å². The molecule has 0 spiro atoms. The lowest BCUT2D eigenvalue weighted by Gasteiger charge is -2.09. The quantitative estimate of drug-likeness (QED) is 0.579. The third-order valence-electron chi connectivity index (χ3n) is 4.41. The average Bonchev–Trinajstić information content (AvgIpc) is 2.89. The fourth-order valence-corrected chi connectivity index (χ4v) is 3.06. The van der Waals surface area contributed by atoms with Crippen molar-refractivity contribution < 1.29 is 4.39 Å². The Morgan fingerprint density at radius 1 is 0.920 bits per heavy atom. The summed E-state index contributed by atoms with van der Waals surface area (Å²) in [6, 6.07) is 16.4. The fraction of sp³-hybridized carbons (Fsp3) is 0.100. The van der Waals surface area contributed by atoms with Crippen molar-refractivity contribution in [3.63, 3.8) is 0 Å². The van der Waals surface area contributed by atoms with Gasteiger partial charge in [-0.2, -0.15) is 0 Å². The van der Waals surface area contributed by atoms with E-state index in [2.05, 4.69) is 45.8 Å². The number of benzene rings is 2. The number of fused-ring (bicyclic) bond motifs is 1. The highest BCUT2D eigenvalue weighted by Gasteiger charge is 2.17. The SMILES string of the molecule is Cc1c(C)n(-c2ccccc2)c2ncnc(Nc3ccc(F)cc3)c12. The van der Waals surface area contributed by atoms with Crippen molar-refractivity contribution in [3.8, 4) is 5.69 Å². The highest BCUT2D eigenvalue weighted by molar-refractivity contribution is 5.94. The number of aryl methyl sites for hydroxylation is 1. The minimum Gasteiger partial charge on any atom is -0.340 e. The molecule has 0 aliphatic heterocycles. The van der Waals surface area contributed by atoms with Gasteiger partial charge in [-0.3, -0.25) is 4.57 Å².